The fraction of sp³-hybridized carbons (Fsp3) is 0.500. The van der Waals surface area contributed by atoms with E-state index in [1.165, 1.54) is 5.56 Å². The van der Waals surface area contributed by atoms with Gasteiger partial charge in [-0.2, -0.15) is 11.8 Å². The number of non-ortho nitro benzene ring substituents is 1. The van der Waals surface area contributed by atoms with Crippen LogP contribution in [0.5, 0.6) is 0 Å². The largest absolute Gasteiger partial charge is 0.371 e. The highest BCUT2D eigenvalue weighted by atomic mass is 32.2. The second-order valence-corrected chi connectivity index (χ2v) is 5.14. The summed E-state index contributed by atoms with van der Waals surface area (Å²) in [4.78, 5) is 12.7. The van der Waals surface area contributed by atoms with Crippen molar-refractivity contribution in [1.82, 2.24) is 0 Å². The van der Waals surface area contributed by atoms with E-state index >= 15 is 0 Å². The van der Waals surface area contributed by atoms with Gasteiger partial charge in [0.1, 0.15) is 0 Å². The Bertz CT molecular complexity index is 423. The Morgan fingerprint density at radius 2 is 2.35 bits per heavy atom. The van der Waals surface area contributed by atoms with Crippen molar-refractivity contribution in [2.24, 2.45) is 0 Å². The second kappa shape index (κ2) is 5.40. The molecule has 17 heavy (non-hydrogen) atoms. The fourth-order valence-electron chi connectivity index (χ4n) is 2.18. The molecule has 0 N–H and O–H groups in total. The molecule has 0 atom stereocenters. The van der Waals surface area contributed by atoms with Crippen LogP contribution in [0.25, 0.3) is 0 Å². The van der Waals surface area contributed by atoms with Gasteiger partial charge in [-0.15, -0.1) is 0 Å². The molecule has 0 aromatic heterocycles. The maximum atomic E-state index is 10.8. The first-order valence-corrected chi connectivity index (χ1v) is 7.13. The first kappa shape index (κ1) is 12.2. The SMILES string of the molecule is CSCCCN1CCc2ccc([N+](=O)[O-])cc21. The number of hydrogen-bond donors (Lipinski definition) is 0. The summed E-state index contributed by atoms with van der Waals surface area (Å²) in [5.74, 6) is 1.14. The van der Waals surface area contributed by atoms with Gasteiger partial charge >= 0.3 is 0 Å². The molecule has 0 saturated carbocycles. The fourth-order valence-corrected chi connectivity index (χ4v) is 2.60. The van der Waals surface area contributed by atoms with Crippen LogP contribution in [0.1, 0.15) is 12.0 Å². The Hall–Kier alpha value is -1.23. The van der Waals surface area contributed by atoms with E-state index in [4.69, 9.17) is 0 Å². The molecular formula is C12H16N2O2S. The molecule has 1 aromatic rings. The van der Waals surface area contributed by atoms with Gasteiger partial charge in [0.05, 0.1) is 4.92 Å². The van der Waals surface area contributed by atoms with Crippen LogP contribution in [-0.2, 0) is 6.42 Å². The van der Waals surface area contributed by atoms with Crippen molar-refractivity contribution < 1.29 is 4.92 Å². The van der Waals surface area contributed by atoms with E-state index in [0.29, 0.717) is 0 Å². The summed E-state index contributed by atoms with van der Waals surface area (Å²) in [5, 5.41) is 10.8. The molecule has 0 saturated heterocycles. The molecule has 0 bridgehead atoms. The smallest absolute Gasteiger partial charge is 0.271 e. The van der Waals surface area contributed by atoms with Crippen molar-refractivity contribution in [2.45, 2.75) is 12.8 Å². The summed E-state index contributed by atoms with van der Waals surface area (Å²) in [7, 11) is 0. The molecule has 1 aromatic carbocycles. The third-order valence-corrected chi connectivity index (χ3v) is 3.74. The average molecular weight is 252 g/mol. The summed E-state index contributed by atoms with van der Waals surface area (Å²) in [5.41, 5.74) is 2.49. The molecule has 92 valence electrons. The summed E-state index contributed by atoms with van der Waals surface area (Å²) in [6.45, 7) is 1.99. The van der Waals surface area contributed by atoms with Crippen LogP contribution >= 0.6 is 11.8 Å². The highest BCUT2D eigenvalue weighted by Crippen LogP contribution is 2.31. The highest BCUT2D eigenvalue weighted by Gasteiger charge is 2.21. The molecule has 0 fully saturated rings. The molecule has 1 aliphatic heterocycles. The molecule has 0 spiro atoms. The lowest BCUT2D eigenvalue weighted by molar-refractivity contribution is -0.384. The van der Waals surface area contributed by atoms with Crippen LogP contribution in [-0.4, -0.2) is 30.0 Å². The van der Waals surface area contributed by atoms with Gasteiger partial charge in [0.25, 0.3) is 5.69 Å². The lowest BCUT2D eigenvalue weighted by Crippen LogP contribution is -2.22. The van der Waals surface area contributed by atoms with E-state index in [1.807, 2.05) is 17.8 Å². The summed E-state index contributed by atoms with van der Waals surface area (Å²) in [6, 6.07) is 5.20. The zero-order chi connectivity index (χ0) is 12.3. The second-order valence-electron chi connectivity index (χ2n) is 4.15. The first-order valence-electron chi connectivity index (χ1n) is 5.73. The minimum atomic E-state index is -0.321. The van der Waals surface area contributed by atoms with Crippen LogP contribution < -0.4 is 4.90 Å². The summed E-state index contributed by atoms with van der Waals surface area (Å²) in [6.07, 6.45) is 4.23. The Labute approximate surface area is 105 Å². The number of fused-ring (bicyclic) bond motifs is 1. The molecule has 0 amide bonds. The van der Waals surface area contributed by atoms with Gasteiger partial charge in [0.2, 0.25) is 0 Å². The van der Waals surface area contributed by atoms with E-state index < -0.39 is 0 Å². The van der Waals surface area contributed by atoms with Crippen molar-refractivity contribution >= 4 is 23.1 Å². The van der Waals surface area contributed by atoms with Gasteiger partial charge < -0.3 is 4.90 Å². The molecule has 4 nitrogen and oxygen atoms in total. The normalized spacial score (nSPS) is 13.8. The van der Waals surface area contributed by atoms with Crippen LogP contribution in [0.3, 0.4) is 0 Å². The Kier molecular flexibility index (Phi) is 3.89. The summed E-state index contributed by atoms with van der Waals surface area (Å²) >= 11 is 1.84. The number of hydrogen-bond acceptors (Lipinski definition) is 4. The first-order chi connectivity index (χ1) is 8.22. The molecule has 0 unspecified atom stereocenters. The number of nitrogens with zero attached hydrogens (tertiary/aromatic N) is 2. The number of rotatable bonds is 5. The number of nitro groups is 1. The lowest BCUT2D eigenvalue weighted by atomic mass is 10.1. The monoisotopic (exact) mass is 252 g/mol. The molecule has 0 radical (unpaired) electrons. The molecule has 1 aliphatic rings. The predicted octanol–water partition coefficient (Wildman–Crippen LogP) is 2.71. The average Bonchev–Trinajstić information content (AvgIpc) is 2.72. The predicted molar refractivity (Wildman–Crippen MR) is 72.0 cm³/mol. The van der Waals surface area contributed by atoms with E-state index in [-0.39, 0.29) is 10.6 Å². The molecular weight excluding hydrogens is 236 g/mol. The van der Waals surface area contributed by atoms with Crippen molar-refractivity contribution in [3.05, 3.63) is 33.9 Å². The number of thioether (sulfide) groups is 1. The van der Waals surface area contributed by atoms with Crippen molar-refractivity contribution in [1.29, 1.82) is 0 Å². The molecule has 2 rings (SSSR count). The van der Waals surface area contributed by atoms with E-state index in [0.717, 1.165) is 37.4 Å². The van der Waals surface area contributed by atoms with Gasteiger partial charge in [-0.1, -0.05) is 6.07 Å². The van der Waals surface area contributed by atoms with Gasteiger partial charge in [-0.3, -0.25) is 10.1 Å². The zero-order valence-electron chi connectivity index (χ0n) is 9.89. The third kappa shape index (κ3) is 2.72. The number of nitro benzene ring substituents is 1. The Morgan fingerprint density at radius 3 is 3.06 bits per heavy atom. The van der Waals surface area contributed by atoms with Crippen LogP contribution in [0.2, 0.25) is 0 Å². The van der Waals surface area contributed by atoms with E-state index in [1.54, 1.807) is 12.1 Å². The van der Waals surface area contributed by atoms with Gasteiger partial charge in [-0.05, 0) is 30.4 Å². The Morgan fingerprint density at radius 1 is 1.53 bits per heavy atom. The van der Waals surface area contributed by atoms with Gasteiger partial charge in [0, 0.05) is 30.9 Å². The van der Waals surface area contributed by atoms with Gasteiger partial charge in [-0.25, -0.2) is 0 Å². The highest BCUT2D eigenvalue weighted by molar-refractivity contribution is 7.98. The van der Waals surface area contributed by atoms with E-state index in [2.05, 4.69) is 11.2 Å². The van der Waals surface area contributed by atoms with Gasteiger partial charge in [0.15, 0.2) is 0 Å². The molecule has 0 aliphatic carbocycles. The maximum absolute atomic E-state index is 10.8. The minimum absolute atomic E-state index is 0.195. The van der Waals surface area contributed by atoms with E-state index in [9.17, 15) is 10.1 Å². The Balaban J connectivity index is 2.12. The summed E-state index contributed by atoms with van der Waals surface area (Å²) < 4.78 is 0. The third-order valence-electron chi connectivity index (χ3n) is 3.05. The van der Waals surface area contributed by atoms with Crippen molar-refractivity contribution in [2.75, 3.05) is 30.0 Å². The lowest BCUT2D eigenvalue weighted by Gasteiger charge is -2.18. The standard InChI is InChI=1S/C12H16N2O2S/c1-17-8-2-6-13-7-5-10-3-4-11(14(15)16)9-12(10)13/h3-4,9H,2,5-8H2,1H3. The van der Waals surface area contributed by atoms with Crippen LogP contribution in [0.15, 0.2) is 18.2 Å². The molecule has 5 heteroatoms. The minimum Gasteiger partial charge on any atom is -0.371 e. The number of anilines is 1. The maximum Gasteiger partial charge on any atom is 0.271 e. The van der Waals surface area contributed by atoms with Crippen molar-refractivity contribution in [3.8, 4) is 0 Å². The topological polar surface area (TPSA) is 46.4 Å². The molecule has 1 heterocycles. The number of benzene rings is 1. The quantitative estimate of drug-likeness (QED) is 0.459. The van der Waals surface area contributed by atoms with Crippen molar-refractivity contribution in [3.63, 3.8) is 0 Å². The van der Waals surface area contributed by atoms with Crippen LogP contribution in [0.4, 0.5) is 11.4 Å². The van der Waals surface area contributed by atoms with Crippen LogP contribution in [0, 0.1) is 10.1 Å². The zero-order valence-corrected chi connectivity index (χ0v) is 10.7.